The highest BCUT2D eigenvalue weighted by Gasteiger charge is 2.06. The SMILES string of the molecule is O=C(NCCS(=O)Cc1ccccc1)Nc1ccnc(Sc2ccccn2)c1. The Morgan fingerprint density at radius 3 is 2.54 bits per heavy atom. The highest BCUT2D eigenvalue weighted by atomic mass is 32.2. The van der Waals surface area contributed by atoms with Gasteiger partial charge in [-0.05, 0) is 29.8 Å². The number of pyridine rings is 2. The van der Waals surface area contributed by atoms with E-state index in [0.717, 1.165) is 15.6 Å². The number of hydrogen-bond donors (Lipinski definition) is 2. The number of rotatable bonds is 8. The molecule has 8 heteroatoms. The van der Waals surface area contributed by atoms with Crippen LogP contribution in [-0.4, -0.2) is 32.5 Å². The summed E-state index contributed by atoms with van der Waals surface area (Å²) in [4.78, 5) is 20.6. The molecule has 0 saturated heterocycles. The molecule has 0 aliphatic rings. The molecule has 0 aliphatic carbocycles. The molecule has 3 aromatic rings. The van der Waals surface area contributed by atoms with Crippen molar-refractivity contribution in [2.45, 2.75) is 15.8 Å². The number of nitrogens with zero attached hydrogens (tertiary/aromatic N) is 2. The van der Waals surface area contributed by atoms with Crippen LogP contribution in [0.3, 0.4) is 0 Å². The van der Waals surface area contributed by atoms with E-state index in [1.54, 1.807) is 24.5 Å². The number of aromatic nitrogens is 2. The highest BCUT2D eigenvalue weighted by Crippen LogP contribution is 2.25. The fourth-order valence-electron chi connectivity index (χ4n) is 2.34. The number of benzene rings is 1. The lowest BCUT2D eigenvalue weighted by Gasteiger charge is -2.08. The van der Waals surface area contributed by atoms with Crippen LogP contribution in [0.15, 0.2) is 83.1 Å². The van der Waals surface area contributed by atoms with Crippen molar-refractivity contribution >= 4 is 34.3 Å². The first-order valence-corrected chi connectivity index (χ1v) is 11.0. The third kappa shape index (κ3) is 6.79. The summed E-state index contributed by atoms with van der Waals surface area (Å²) in [5.74, 6) is 0.891. The molecule has 0 saturated carbocycles. The quantitative estimate of drug-likeness (QED) is 0.589. The molecular formula is C20H20N4O2S2. The lowest BCUT2D eigenvalue weighted by Crippen LogP contribution is -2.32. The maximum atomic E-state index is 12.1. The van der Waals surface area contributed by atoms with E-state index < -0.39 is 10.8 Å². The van der Waals surface area contributed by atoms with Gasteiger partial charge < -0.3 is 10.6 Å². The van der Waals surface area contributed by atoms with Gasteiger partial charge in [-0.2, -0.15) is 0 Å². The van der Waals surface area contributed by atoms with E-state index in [1.165, 1.54) is 11.8 Å². The monoisotopic (exact) mass is 412 g/mol. The Kier molecular flexibility index (Phi) is 7.57. The van der Waals surface area contributed by atoms with Crippen molar-refractivity contribution < 1.29 is 9.00 Å². The highest BCUT2D eigenvalue weighted by molar-refractivity contribution is 7.99. The van der Waals surface area contributed by atoms with Crippen LogP contribution in [0.1, 0.15) is 5.56 Å². The third-order valence-corrected chi connectivity index (χ3v) is 5.82. The van der Waals surface area contributed by atoms with Gasteiger partial charge in [0.2, 0.25) is 0 Å². The molecule has 6 nitrogen and oxygen atoms in total. The fourth-order valence-corrected chi connectivity index (χ4v) is 4.16. The van der Waals surface area contributed by atoms with Gasteiger partial charge in [0.1, 0.15) is 10.1 Å². The molecular weight excluding hydrogens is 392 g/mol. The summed E-state index contributed by atoms with van der Waals surface area (Å²) in [6, 6.07) is 18.5. The topological polar surface area (TPSA) is 84.0 Å². The fraction of sp³-hybridized carbons (Fsp3) is 0.150. The minimum atomic E-state index is -1.02. The first-order chi connectivity index (χ1) is 13.7. The first-order valence-electron chi connectivity index (χ1n) is 8.68. The molecule has 3 rings (SSSR count). The van der Waals surface area contributed by atoms with Gasteiger partial charge in [-0.3, -0.25) is 4.21 Å². The van der Waals surface area contributed by atoms with E-state index in [2.05, 4.69) is 20.6 Å². The zero-order valence-corrected chi connectivity index (χ0v) is 16.7. The molecule has 144 valence electrons. The van der Waals surface area contributed by atoms with Crippen LogP contribution in [0, 0.1) is 0 Å². The number of hydrogen-bond acceptors (Lipinski definition) is 5. The van der Waals surface area contributed by atoms with Crippen LogP contribution in [0.2, 0.25) is 0 Å². The molecule has 2 N–H and O–H groups in total. The van der Waals surface area contributed by atoms with Gasteiger partial charge in [0.25, 0.3) is 0 Å². The number of amides is 2. The van der Waals surface area contributed by atoms with Crippen LogP contribution in [-0.2, 0) is 16.6 Å². The Morgan fingerprint density at radius 2 is 1.75 bits per heavy atom. The molecule has 2 heterocycles. The van der Waals surface area contributed by atoms with Crippen molar-refractivity contribution in [3.8, 4) is 0 Å². The normalized spacial score (nSPS) is 11.6. The average molecular weight is 413 g/mol. The van der Waals surface area contributed by atoms with Gasteiger partial charge in [0.15, 0.2) is 0 Å². The average Bonchev–Trinajstić information content (AvgIpc) is 2.70. The first kappa shape index (κ1) is 20.0. The number of urea groups is 1. The second-order valence-corrected chi connectivity index (χ2v) is 8.42. The molecule has 28 heavy (non-hydrogen) atoms. The van der Waals surface area contributed by atoms with Crippen molar-refractivity contribution in [1.82, 2.24) is 15.3 Å². The summed E-state index contributed by atoms with van der Waals surface area (Å²) in [5, 5.41) is 7.07. The maximum absolute atomic E-state index is 12.1. The molecule has 1 aromatic carbocycles. The van der Waals surface area contributed by atoms with Crippen LogP contribution >= 0.6 is 11.8 Å². The van der Waals surface area contributed by atoms with E-state index >= 15 is 0 Å². The van der Waals surface area contributed by atoms with Crippen LogP contribution in [0.5, 0.6) is 0 Å². The van der Waals surface area contributed by atoms with E-state index in [4.69, 9.17) is 0 Å². The van der Waals surface area contributed by atoms with Gasteiger partial charge >= 0.3 is 6.03 Å². The largest absolute Gasteiger partial charge is 0.337 e. The molecule has 0 spiro atoms. The minimum Gasteiger partial charge on any atom is -0.337 e. The zero-order chi connectivity index (χ0) is 19.6. The zero-order valence-electron chi connectivity index (χ0n) is 15.1. The number of nitrogens with one attached hydrogen (secondary N) is 2. The van der Waals surface area contributed by atoms with Crippen LogP contribution < -0.4 is 10.6 Å². The Morgan fingerprint density at radius 1 is 0.964 bits per heavy atom. The summed E-state index contributed by atoms with van der Waals surface area (Å²) in [6.07, 6.45) is 3.36. The van der Waals surface area contributed by atoms with E-state index in [1.807, 2.05) is 48.5 Å². The predicted octanol–water partition coefficient (Wildman–Crippen LogP) is 3.70. The molecule has 0 radical (unpaired) electrons. The van der Waals surface area contributed by atoms with Crippen molar-refractivity contribution in [2.24, 2.45) is 0 Å². The number of carbonyl (C=O) groups excluding carboxylic acids is 1. The molecule has 1 unspecified atom stereocenters. The van der Waals surface area contributed by atoms with Gasteiger partial charge in [0, 0.05) is 46.9 Å². The summed E-state index contributed by atoms with van der Waals surface area (Å²) in [7, 11) is -1.02. The van der Waals surface area contributed by atoms with Crippen molar-refractivity contribution in [1.29, 1.82) is 0 Å². The van der Waals surface area contributed by atoms with E-state index in [0.29, 0.717) is 23.7 Å². The Labute approximate surface area is 170 Å². The molecule has 1 atom stereocenters. The van der Waals surface area contributed by atoms with E-state index in [-0.39, 0.29) is 6.03 Å². The standard InChI is InChI=1S/C20H20N4O2S2/c25-20(23-12-13-28(26)15-16-6-2-1-3-7-16)24-17-9-11-22-19(14-17)27-18-8-4-5-10-21-18/h1-11,14H,12-13,15H2,(H2,22,23,24,25). The number of carbonyl (C=O) groups is 1. The summed E-state index contributed by atoms with van der Waals surface area (Å²) < 4.78 is 12.1. The Hall–Kier alpha value is -2.71. The lowest BCUT2D eigenvalue weighted by molar-refractivity contribution is 0.252. The summed E-state index contributed by atoms with van der Waals surface area (Å²) in [5.41, 5.74) is 1.66. The molecule has 2 aromatic heterocycles. The summed E-state index contributed by atoms with van der Waals surface area (Å²) >= 11 is 1.42. The van der Waals surface area contributed by atoms with Gasteiger partial charge in [-0.1, -0.05) is 48.2 Å². The molecule has 0 aliphatic heterocycles. The van der Waals surface area contributed by atoms with Gasteiger partial charge in [-0.25, -0.2) is 14.8 Å². The predicted molar refractivity (Wildman–Crippen MR) is 113 cm³/mol. The van der Waals surface area contributed by atoms with Crippen molar-refractivity contribution in [3.05, 3.63) is 78.6 Å². The second kappa shape index (κ2) is 10.6. The third-order valence-electron chi connectivity index (χ3n) is 3.63. The van der Waals surface area contributed by atoms with Crippen LogP contribution in [0.25, 0.3) is 0 Å². The minimum absolute atomic E-state index is 0.336. The Balaban J connectivity index is 1.43. The van der Waals surface area contributed by atoms with Crippen LogP contribution in [0.4, 0.5) is 10.5 Å². The Bertz CT molecular complexity index is 924. The summed E-state index contributed by atoms with van der Waals surface area (Å²) in [6.45, 7) is 0.339. The smallest absolute Gasteiger partial charge is 0.319 e. The number of anilines is 1. The molecule has 0 fully saturated rings. The van der Waals surface area contributed by atoms with Crippen molar-refractivity contribution in [3.63, 3.8) is 0 Å². The second-order valence-electron chi connectivity index (χ2n) is 5.81. The van der Waals surface area contributed by atoms with E-state index in [9.17, 15) is 9.00 Å². The van der Waals surface area contributed by atoms with Gasteiger partial charge in [-0.15, -0.1) is 0 Å². The molecule has 0 bridgehead atoms. The molecule has 2 amide bonds. The van der Waals surface area contributed by atoms with Gasteiger partial charge in [0.05, 0.1) is 0 Å². The van der Waals surface area contributed by atoms with Crippen molar-refractivity contribution in [2.75, 3.05) is 17.6 Å². The maximum Gasteiger partial charge on any atom is 0.319 e. The lowest BCUT2D eigenvalue weighted by atomic mass is 10.2.